The third-order valence-electron chi connectivity index (χ3n) is 2.55. The van der Waals surface area contributed by atoms with Crippen LogP contribution in [-0.2, 0) is 0 Å². The summed E-state index contributed by atoms with van der Waals surface area (Å²) in [4.78, 5) is 5.68. The molecule has 0 heterocycles. The zero-order chi connectivity index (χ0) is 12.8. The largest absolute Gasteiger partial charge is 0.497 e. The summed E-state index contributed by atoms with van der Waals surface area (Å²) in [6.07, 6.45) is 3.92. The second-order valence-corrected chi connectivity index (χ2v) is 4.61. The predicted molar refractivity (Wildman–Crippen MR) is 78.5 cm³/mol. The van der Waals surface area contributed by atoms with E-state index in [0.717, 1.165) is 17.0 Å². The van der Waals surface area contributed by atoms with E-state index in [2.05, 4.69) is 23.4 Å². The lowest BCUT2D eigenvalue weighted by Crippen LogP contribution is -1.84. The van der Waals surface area contributed by atoms with Gasteiger partial charge in [0.1, 0.15) is 5.75 Å². The van der Waals surface area contributed by atoms with Crippen LogP contribution < -0.4 is 4.74 Å². The standard InChI is InChI=1S/C15H15NOS/c1-17-14-7-3-12(4-8-14)11-16-13-5-9-15(18-2)10-6-13/h3-11H,1-2H3/b16-11+. The zero-order valence-electron chi connectivity index (χ0n) is 10.5. The van der Waals surface area contributed by atoms with Crippen LogP contribution in [0.15, 0.2) is 58.4 Å². The van der Waals surface area contributed by atoms with E-state index < -0.39 is 0 Å². The van der Waals surface area contributed by atoms with Gasteiger partial charge >= 0.3 is 0 Å². The minimum Gasteiger partial charge on any atom is -0.497 e. The molecule has 0 unspecified atom stereocenters. The summed E-state index contributed by atoms with van der Waals surface area (Å²) in [5.74, 6) is 0.858. The second kappa shape index (κ2) is 6.26. The van der Waals surface area contributed by atoms with Gasteiger partial charge in [0.2, 0.25) is 0 Å². The highest BCUT2D eigenvalue weighted by Crippen LogP contribution is 2.19. The lowest BCUT2D eigenvalue weighted by Gasteiger charge is -1.99. The van der Waals surface area contributed by atoms with Gasteiger partial charge in [0.05, 0.1) is 12.8 Å². The van der Waals surface area contributed by atoms with Gasteiger partial charge in [0, 0.05) is 11.1 Å². The third kappa shape index (κ3) is 3.37. The number of aliphatic imine (C=N–C) groups is 1. The number of benzene rings is 2. The quantitative estimate of drug-likeness (QED) is 0.605. The van der Waals surface area contributed by atoms with Crippen LogP contribution in [0.2, 0.25) is 0 Å². The van der Waals surface area contributed by atoms with Gasteiger partial charge in [-0.05, 0) is 60.4 Å². The topological polar surface area (TPSA) is 21.6 Å². The van der Waals surface area contributed by atoms with Crippen molar-refractivity contribution >= 4 is 23.7 Å². The fourth-order valence-electron chi connectivity index (χ4n) is 1.51. The Morgan fingerprint density at radius 3 is 2.22 bits per heavy atom. The molecule has 2 nitrogen and oxygen atoms in total. The number of ether oxygens (including phenoxy) is 1. The Balaban J connectivity index is 2.08. The van der Waals surface area contributed by atoms with E-state index >= 15 is 0 Å². The summed E-state index contributed by atoms with van der Waals surface area (Å²) < 4.78 is 5.11. The van der Waals surface area contributed by atoms with E-state index in [0.29, 0.717) is 0 Å². The van der Waals surface area contributed by atoms with Crippen molar-refractivity contribution in [1.29, 1.82) is 0 Å². The molecule has 0 aliphatic carbocycles. The highest BCUT2D eigenvalue weighted by atomic mass is 32.2. The Morgan fingerprint density at radius 1 is 1.00 bits per heavy atom. The Labute approximate surface area is 112 Å². The zero-order valence-corrected chi connectivity index (χ0v) is 11.3. The first-order valence-corrected chi connectivity index (χ1v) is 6.86. The first-order valence-electron chi connectivity index (χ1n) is 5.64. The van der Waals surface area contributed by atoms with Crippen molar-refractivity contribution in [3.63, 3.8) is 0 Å². The monoisotopic (exact) mass is 257 g/mol. The number of nitrogens with zero attached hydrogens (tertiary/aromatic N) is 1. The average molecular weight is 257 g/mol. The summed E-state index contributed by atoms with van der Waals surface area (Å²) >= 11 is 1.73. The fourth-order valence-corrected chi connectivity index (χ4v) is 1.92. The molecule has 0 saturated carbocycles. The van der Waals surface area contributed by atoms with E-state index in [9.17, 15) is 0 Å². The van der Waals surface area contributed by atoms with E-state index in [1.54, 1.807) is 18.9 Å². The maximum atomic E-state index is 5.11. The Hall–Kier alpha value is -1.74. The normalized spacial score (nSPS) is 10.8. The maximum absolute atomic E-state index is 5.11. The van der Waals surface area contributed by atoms with Crippen LogP contribution in [-0.4, -0.2) is 19.6 Å². The van der Waals surface area contributed by atoms with Crippen LogP contribution in [0.25, 0.3) is 0 Å². The van der Waals surface area contributed by atoms with Gasteiger partial charge in [-0.2, -0.15) is 0 Å². The van der Waals surface area contributed by atoms with Crippen LogP contribution in [0.1, 0.15) is 5.56 Å². The summed E-state index contributed by atoms with van der Waals surface area (Å²) in [6.45, 7) is 0. The van der Waals surface area contributed by atoms with Crippen LogP contribution in [0, 0.1) is 0 Å². The van der Waals surface area contributed by atoms with Crippen molar-refractivity contribution in [2.45, 2.75) is 4.90 Å². The van der Waals surface area contributed by atoms with E-state index in [4.69, 9.17) is 4.74 Å². The molecule has 0 aliphatic rings. The minimum absolute atomic E-state index is 0.858. The Bertz CT molecular complexity index is 468. The second-order valence-electron chi connectivity index (χ2n) is 3.73. The third-order valence-corrected chi connectivity index (χ3v) is 3.29. The number of rotatable bonds is 4. The fraction of sp³-hybridized carbons (Fsp3) is 0.133. The highest BCUT2D eigenvalue weighted by molar-refractivity contribution is 7.98. The average Bonchev–Trinajstić information content (AvgIpc) is 2.46. The molecule has 18 heavy (non-hydrogen) atoms. The van der Waals surface area contributed by atoms with Crippen molar-refractivity contribution in [1.82, 2.24) is 0 Å². The molecule has 0 N–H and O–H groups in total. The molecule has 2 aromatic rings. The van der Waals surface area contributed by atoms with Crippen molar-refractivity contribution < 1.29 is 4.74 Å². The van der Waals surface area contributed by atoms with Gasteiger partial charge in [0.25, 0.3) is 0 Å². The summed E-state index contributed by atoms with van der Waals surface area (Å²) in [7, 11) is 1.66. The van der Waals surface area contributed by atoms with Crippen molar-refractivity contribution in [3.8, 4) is 5.75 Å². The summed E-state index contributed by atoms with van der Waals surface area (Å²) in [5.41, 5.74) is 2.02. The molecule has 0 spiro atoms. The molecule has 0 amide bonds. The van der Waals surface area contributed by atoms with E-state index in [-0.39, 0.29) is 0 Å². The van der Waals surface area contributed by atoms with Crippen molar-refractivity contribution in [2.75, 3.05) is 13.4 Å². The smallest absolute Gasteiger partial charge is 0.118 e. The highest BCUT2D eigenvalue weighted by Gasteiger charge is 1.92. The molecule has 0 saturated heterocycles. The minimum atomic E-state index is 0.858. The number of methoxy groups -OCH3 is 1. The van der Waals surface area contributed by atoms with Gasteiger partial charge in [-0.1, -0.05) is 0 Å². The number of hydrogen-bond donors (Lipinski definition) is 0. The molecule has 0 bridgehead atoms. The van der Waals surface area contributed by atoms with E-state index in [1.807, 2.05) is 42.6 Å². The van der Waals surface area contributed by atoms with Crippen molar-refractivity contribution in [3.05, 3.63) is 54.1 Å². The molecule has 92 valence electrons. The Kier molecular flexibility index (Phi) is 4.42. The first-order chi connectivity index (χ1) is 8.81. The SMILES string of the molecule is COc1ccc(/C=N/c2ccc(SC)cc2)cc1. The van der Waals surface area contributed by atoms with Crippen molar-refractivity contribution in [2.24, 2.45) is 4.99 Å². The van der Waals surface area contributed by atoms with Crippen LogP contribution >= 0.6 is 11.8 Å². The molecule has 3 heteroatoms. The predicted octanol–water partition coefficient (Wildman–Crippen LogP) is 4.17. The van der Waals surface area contributed by atoms with Gasteiger partial charge in [-0.15, -0.1) is 11.8 Å². The molecule has 2 rings (SSSR count). The van der Waals surface area contributed by atoms with E-state index in [1.165, 1.54) is 4.90 Å². The van der Waals surface area contributed by atoms with Gasteiger partial charge < -0.3 is 4.74 Å². The molecule has 0 aliphatic heterocycles. The van der Waals surface area contributed by atoms with Crippen LogP contribution in [0.5, 0.6) is 5.75 Å². The molecular formula is C15H15NOS. The van der Waals surface area contributed by atoms with Crippen LogP contribution in [0.3, 0.4) is 0 Å². The molecule has 0 fully saturated rings. The van der Waals surface area contributed by atoms with Gasteiger partial charge in [0.15, 0.2) is 0 Å². The number of thioether (sulfide) groups is 1. The maximum Gasteiger partial charge on any atom is 0.118 e. The number of hydrogen-bond acceptors (Lipinski definition) is 3. The molecular weight excluding hydrogens is 242 g/mol. The lowest BCUT2D eigenvalue weighted by molar-refractivity contribution is 0.415. The van der Waals surface area contributed by atoms with Gasteiger partial charge in [-0.25, -0.2) is 0 Å². The lowest BCUT2D eigenvalue weighted by atomic mass is 10.2. The molecule has 0 radical (unpaired) electrons. The molecule has 0 aromatic heterocycles. The first kappa shape index (κ1) is 12.7. The van der Waals surface area contributed by atoms with Crippen LogP contribution in [0.4, 0.5) is 5.69 Å². The summed E-state index contributed by atoms with van der Waals surface area (Å²) in [6, 6.07) is 16.0. The molecule has 0 atom stereocenters. The van der Waals surface area contributed by atoms with Gasteiger partial charge in [-0.3, -0.25) is 4.99 Å². The Morgan fingerprint density at radius 2 is 1.67 bits per heavy atom. The molecule has 2 aromatic carbocycles. The summed E-state index contributed by atoms with van der Waals surface area (Å²) in [5, 5.41) is 0.